The monoisotopic (exact) mass is 398 g/mol. The maximum absolute atomic E-state index is 12.6. The molecule has 2 aromatic carbocycles. The van der Waals surface area contributed by atoms with Gasteiger partial charge in [0.05, 0.1) is 0 Å². The van der Waals surface area contributed by atoms with Gasteiger partial charge in [0, 0.05) is 23.9 Å². The third-order valence-corrected chi connectivity index (χ3v) is 5.35. The van der Waals surface area contributed by atoms with E-state index in [9.17, 15) is 9.59 Å². The van der Waals surface area contributed by atoms with Crippen LogP contribution in [0.1, 0.15) is 30.4 Å². The van der Waals surface area contributed by atoms with Crippen molar-refractivity contribution in [2.24, 2.45) is 0 Å². The Bertz CT molecular complexity index is 1090. The number of halogens is 1. The van der Waals surface area contributed by atoms with Crippen LogP contribution >= 0.6 is 11.6 Å². The number of fused-ring (bicyclic) bond motifs is 2. The molecule has 0 aliphatic carbocycles. The molecule has 6 heteroatoms. The molecule has 28 heavy (non-hydrogen) atoms. The van der Waals surface area contributed by atoms with Crippen LogP contribution in [0.5, 0.6) is 5.75 Å². The van der Waals surface area contributed by atoms with Crippen molar-refractivity contribution in [3.63, 3.8) is 0 Å². The number of alkyl halides is 1. The lowest BCUT2D eigenvalue weighted by Gasteiger charge is -2.31. The van der Waals surface area contributed by atoms with E-state index in [0.717, 1.165) is 10.9 Å². The fourth-order valence-corrected chi connectivity index (χ4v) is 3.52. The molecule has 0 radical (unpaired) electrons. The van der Waals surface area contributed by atoms with E-state index in [1.54, 1.807) is 38.1 Å². The normalized spacial score (nSPS) is 17.0. The molecule has 1 aliphatic heterocycles. The summed E-state index contributed by atoms with van der Waals surface area (Å²) in [4.78, 5) is 24.0. The largest absolute Gasteiger partial charge is 0.485 e. The van der Waals surface area contributed by atoms with Gasteiger partial charge in [0.25, 0.3) is 0 Å². The van der Waals surface area contributed by atoms with Gasteiger partial charge in [-0.2, -0.15) is 0 Å². The quantitative estimate of drug-likeness (QED) is 0.370. The van der Waals surface area contributed by atoms with Gasteiger partial charge in [0.2, 0.25) is 0 Å². The number of rotatable bonds is 4. The number of hydrogen-bond acceptors (Lipinski definition) is 5. The van der Waals surface area contributed by atoms with E-state index in [0.29, 0.717) is 23.3 Å². The van der Waals surface area contributed by atoms with Gasteiger partial charge < -0.3 is 13.9 Å². The predicted octanol–water partition coefficient (Wildman–Crippen LogP) is 4.40. The summed E-state index contributed by atoms with van der Waals surface area (Å²) < 4.78 is 17.0. The molecule has 144 valence electrons. The Hall–Kier alpha value is -2.79. The molecule has 0 spiro atoms. The second kappa shape index (κ2) is 6.99. The predicted molar refractivity (Wildman–Crippen MR) is 106 cm³/mol. The molecule has 1 aliphatic rings. The van der Waals surface area contributed by atoms with E-state index in [2.05, 4.69) is 0 Å². The number of carbonyl (C=O) groups excluding carboxylic acids is 1. The van der Waals surface area contributed by atoms with Crippen molar-refractivity contribution < 1.29 is 18.7 Å². The summed E-state index contributed by atoms with van der Waals surface area (Å²) in [6.45, 7) is 3.60. The minimum absolute atomic E-state index is 0.380. The van der Waals surface area contributed by atoms with E-state index in [1.807, 2.05) is 24.3 Å². The van der Waals surface area contributed by atoms with Gasteiger partial charge in [-0.15, -0.1) is 11.6 Å². The van der Waals surface area contributed by atoms with E-state index < -0.39 is 22.6 Å². The molecular weight excluding hydrogens is 380 g/mol. The summed E-state index contributed by atoms with van der Waals surface area (Å²) in [5.74, 6) is 0.107. The molecule has 2 atom stereocenters. The second-order valence-electron chi connectivity index (χ2n) is 7.36. The molecule has 3 aromatic rings. The van der Waals surface area contributed by atoms with Crippen molar-refractivity contribution >= 4 is 28.5 Å². The maximum Gasteiger partial charge on any atom is 0.336 e. The lowest BCUT2D eigenvalue weighted by Crippen LogP contribution is -2.44. The highest BCUT2D eigenvalue weighted by Gasteiger charge is 2.41. The average Bonchev–Trinajstić information content (AvgIpc) is 3.09. The first-order valence-electron chi connectivity index (χ1n) is 8.99. The Morgan fingerprint density at radius 2 is 1.93 bits per heavy atom. The van der Waals surface area contributed by atoms with Crippen molar-refractivity contribution in [2.45, 2.75) is 37.4 Å². The molecule has 0 saturated heterocycles. The zero-order chi connectivity index (χ0) is 19.9. The molecular formula is C22H19ClO5. The Kier molecular flexibility index (Phi) is 4.63. The van der Waals surface area contributed by atoms with E-state index >= 15 is 0 Å². The number of hydrogen-bond donors (Lipinski definition) is 0. The Morgan fingerprint density at radius 3 is 2.68 bits per heavy atom. The van der Waals surface area contributed by atoms with Crippen LogP contribution in [0.2, 0.25) is 0 Å². The van der Waals surface area contributed by atoms with Gasteiger partial charge in [-0.25, -0.2) is 4.79 Å². The van der Waals surface area contributed by atoms with Crippen LogP contribution in [-0.2, 0) is 16.0 Å². The Balaban J connectivity index is 1.52. The van der Waals surface area contributed by atoms with E-state index in [-0.39, 0.29) is 6.10 Å². The van der Waals surface area contributed by atoms with Crippen LogP contribution in [0, 0.1) is 0 Å². The summed E-state index contributed by atoms with van der Waals surface area (Å²) in [7, 11) is 0. The first kappa shape index (κ1) is 18.6. The minimum Gasteiger partial charge on any atom is -0.485 e. The average molecular weight is 399 g/mol. The van der Waals surface area contributed by atoms with Crippen LogP contribution in [0.15, 0.2) is 63.8 Å². The summed E-state index contributed by atoms with van der Waals surface area (Å²) in [5.41, 5.74) is 0.810. The number of benzene rings is 2. The molecule has 4 rings (SSSR count). The topological polar surface area (TPSA) is 65.7 Å². The van der Waals surface area contributed by atoms with Crippen molar-refractivity contribution in [1.29, 1.82) is 0 Å². The van der Waals surface area contributed by atoms with E-state index in [1.165, 1.54) is 6.07 Å². The summed E-state index contributed by atoms with van der Waals surface area (Å²) in [6.07, 6.45) is 0.192. The first-order chi connectivity index (χ1) is 13.3. The van der Waals surface area contributed by atoms with E-state index in [4.69, 9.17) is 25.5 Å². The summed E-state index contributed by atoms with van der Waals surface area (Å²) in [6, 6.07) is 15.8. The second-order valence-corrected chi connectivity index (χ2v) is 7.80. The smallest absolute Gasteiger partial charge is 0.336 e. The number of esters is 1. The van der Waals surface area contributed by atoms with Crippen LogP contribution in [0.3, 0.4) is 0 Å². The van der Waals surface area contributed by atoms with Gasteiger partial charge in [-0.3, -0.25) is 4.79 Å². The molecule has 1 aromatic heterocycles. The fraction of sp³-hybridized carbons (Fsp3) is 0.273. The lowest BCUT2D eigenvalue weighted by atomic mass is 9.96. The highest BCUT2D eigenvalue weighted by Crippen LogP contribution is 2.38. The zero-order valence-electron chi connectivity index (χ0n) is 15.5. The summed E-state index contributed by atoms with van der Waals surface area (Å²) in [5, 5.41) is -0.0663. The Labute approximate surface area is 166 Å². The van der Waals surface area contributed by atoms with Gasteiger partial charge in [-0.1, -0.05) is 30.3 Å². The molecule has 2 unspecified atom stereocenters. The summed E-state index contributed by atoms with van der Waals surface area (Å²) >= 11 is 6.29. The molecule has 0 bridgehead atoms. The highest BCUT2D eigenvalue weighted by molar-refractivity contribution is 6.30. The van der Waals surface area contributed by atoms with Crippen LogP contribution < -0.4 is 10.4 Å². The van der Waals surface area contributed by atoms with Crippen LogP contribution in [0.25, 0.3) is 11.0 Å². The molecule has 0 saturated carbocycles. The molecule has 0 N–H and O–H groups in total. The third kappa shape index (κ3) is 3.50. The van der Waals surface area contributed by atoms with Gasteiger partial charge in [0.15, 0.2) is 5.38 Å². The SMILES string of the molecule is CC(C)(OC(=O)C(Cl)c1ccccc1)C1Cc2cc3ccc(=O)oc3cc2O1. The van der Waals surface area contributed by atoms with Crippen LogP contribution in [-0.4, -0.2) is 17.7 Å². The van der Waals surface area contributed by atoms with Crippen molar-refractivity contribution in [2.75, 3.05) is 0 Å². The van der Waals surface area contributed by atoms with Crippen LogP contribution in [0.4, 0.5) is 0 Å². The van der Waals surface area contributed by atoms with Gasteiger partial charge in [-0.05, 0) is 37.1 Å². The first-order valence-corrected chi connectivity index (χ1v) is 9.42. The minimum atomic E-state index is -0.898. The number of ether oxygens (including phenoxy) is 2. The molecule has 5 nitrogen and oxygen atoms in total. The number of carbonyl (C=O) groups is 1. The fourth-order valence-electron chi connectivity index (χ4n) is 3.33. The maximum atomic E-state index is 12.6. The van der Waals surface area contributed by atoms with Gasteiger partial charge in [0.1, 0.15) is 23.0 Å². The highest BCUT2D eigenvalue weighted by atomic mass is 35.5. The van der Waals surface area contributed by atoms with Crippen molar-refractivity contribution in [3.05, 3.63) is 76.1 Å². The molecule has 0 amide bonds. The molecule has 0 fully saturated rings. The molecule has 2 heterocycles. The Morgan fingerprint density at radius 1 is 1.18 bits per heavy atom. The van der Waals surface area contributed by atoms with Crippen molar-refractivity contribution in [1.82, 2.24) is 0 Å². The van der Waals surface area contributed by atoms with Crippen molar-refractivity contribution in [3.8, 4) is 5.75 Å². The van der Waals surface area contributed by atoms with Gasteiger partial charge >= 0.3 is 11.6 Å². The zero-order valence-corrected chi connectivity index (χ0v) is 16.2. The lowest BCUT2D eigenvalue weighted by molar-refractivity contribution is -0.164. The third-order valence-electron chi connectivity index (χ3n) is 4.92. The standard InChI is InChI=1S/C22H19ClO5/c1-22(2,28-21(25)20(23)13-6-4-3-5-7-13)18-11-15-10-14-8-9-19(24)27-16(14)12-17(15)26-18/h3-10,12,18,20H,11H2,1-2H3.